The van der Waals surface area contributed by atoms with Gasteiger partial charge in [-0.1, -0.05) is 29.3 Å². The van der Waals surface area contributed by atoms with Crippen molar-refractivity contribution < 1.29 is 23.5 Å². The van der Waals surface area contributed by atoms with E-state index in [1.807, 2.05) is 6.07 Å². The van der Waals surface area contributed by atoms with Gasteiger partial charge in [-0.25, -0.2) is 14.0 Å². The Labute approximate surface area is 201 Å². The normalized spacial score (nSPS) is 20.6. The second-order valence-corrected chi connectivity index (χ2v) is 8.88. The van der Waals surface area contributed by atoms with Crippen LogP contribution in [-0.2, 0) is 4.74 Å². The van der Waals surface area contributed by atoms with Gasteiger partial charge in [0.05, 0.1) is 29.3 Å². The summed E-state index contributed by atoms with van der Waals surface area (Å²) in [4.78, 5) is 31.0. The van der Waals surface area contributed by atoms with Gasteiger partial charge in [0.1, 0.15) is 11.6 Å². The smallest absolute Gasteiger partial charge is 0.410 e. The molecule has 2 aliphatic rings. The fourth-order valence-corrected chi connectivity index (χ4v) is 4.48. The van der Waals surface area contributed by atoms with E-state index < -0.39 is 11.9 Å². The minimum atomic E-state index is -0.600. The van der Waals surface area contributed by atoms with Gasteiger partial charge in [-0.2, -0.15) is 0 Å². The number of benzene rings is 2. The predicted molar refractivity (Wildman–Crippen MR) is 123 cm³/mol. The molecule has 4 rings (SSSR count). The molecule has 7 nitrogen and oxygen atoms in total. The van der Waals surface area contributed by atoms with E-state index in [4.69, 9.17) is 32.7 Å². The molecule has 2 atom stereocenters. The first-order chi connectivity index (χ1) is 15.8. The Morgan fingerprint density at radius 1 is 1.03 bits per heavy atom. The van der Waals surface area contributed by atoms with Crippen molar-refractivity contribution in [1.82, 2.24) is 14.7 Å². The van der Waals surface area contributed by atoms with Crippen LogP contribution in [0.15, 0.2) is 42.5 Å². The number of morpholine rings is 1. The van der Waals surface area contributed by atoms with Gasteiger partial charge >= 0.3 is 12.1 Å². The van der Waals surface area contributed by atoms with Gasteiger partial charge in [0.15, 0.2) is 0 Å². The van der Waals surface area contributed by atoms with E-state index in [0.717, 1.165) is 5.56 Å². The molecule has 0 spiro atoms. The van der Waals surface area contributed by atoms with Gasteiger partial charge in [0, 0.05) is 39.1 Å². The zero-order chi connectivity index (χ0) is 23.5. The molecule has 3 amide bonds. The highest BCUT2D eigenvalue weighted by Gasteiger charge is 2.42. The van der Waals surface area contributed by atoms with Crippen molar-refractivity contribution in [3.8, 4) is 5.75 Å². The lowest BCUT2D eigenvalue weighted by molar-refractivity contribution is 0.0446. The van der Waals surface area contributed by atoms with E-state index in [2.05, 4.69) is 0 Å². The van der Waals surface area contributed by atoms with Crippen LogP contribution < -0.4 is 4.74 Å². The molecule has 33 heavy (non-hydrogen) atoms. The molecule has 0 aromatic heterocycles. The largest absolute Gasteiger partial charge is 0.415 e. The van der Waals surface area contributed by atoms with Crippen LogP contribution in [0.3, 0.4) is 0 Å². The molecule has 10 heteroatoms. The van der Waals surface area contributed by atoms with Gasteiger partial charge in [-0.15, -0.1) is 0 Å². The molecule has 2 saturated heterocycles. The maximum Gasteiger partial charge on any atom is 0.415 e. The van der Waals surface area contributed by atoms with Crippen molar-refractivity contribution in [3.63, 3.8) is 0 Å². The fourth-order valence-electron chi connectivity index (χ4n) is 4.17. The summed E-state index contributed by atoms with van der Waals surface area (Å²) in [7, 11) is 1.63. The quantitative estimate of drug-likeness (QED) is 0.629. The summed E-state index contributed by atoms with van der Waals surface area (Å²) in [6.07, 6.45) is -0.600. The maximum atomic E-state index is 13.2. The summed E-state index contributed by atoms with van der Waals surface area (Å²) in [6.45, 7) is 2.80. The molecule has 0 N–H and O–H groups in total. The third-order valence-corrected chi connectivity index (χ3v) is 6.76. The summed E-state index contributed by atoms with van der Waals surface area (Å²) in [5.41, 5.74) is 0.869. The molecule has 0 aliphatic carbocycles. The molecule has 0 saturated carbocycles. The van der Waals surface area contributed by atoms with Crippen molar-refractivity contribution in [3.05, 3.63) is 63.9 Å². The predicted octanol–water partition coefficient (Wildman–Crippen LogP) is 4.48. The summed E-state index contributed by atoms with van der Waals surface area (Å²) in [5.74, 6) is -0.384. The Morgan fingerprint density at radius 3 is 2.39 bits per heavy atom. The monoisotopic (exact) mass is 495 g/mol. The number of likely N-dealkylation sites (N-methyl/N-ethyl adjacent to an activating group) is 1. The molecule has 2 aromatic rings. The Morgan fingerprint density at radius 2 is 1.73 bits per heavy atom. The van der Waals surface area contributed by atoms with E-state index in [0.29, 0.717) is 49.4 Å². The third-order valence-electron chi connectivity index (χ3n) is 6.02. The second kappa shape index (κ2) is 10.2. The topological polar surface area (TPSA) is 62.3 Å². The second-order valence-electron chi connectivity index (χ2n) is 8.07. The minimum Gasteiger partial charge on any atom is -0.410 e. The standard InChI is InChI=1S/C23H24Cl2FN3O4/c1-27(23(31)33-17-5-3-16(26)4-6-17)21-14-29(22(30)28-8-10-32-11-9-28)13-18(21)15-2-7-19(24)20(25)12-15/h2-7,12,18,21H,8-11,13-14H2,1H3/t18-,21+/m1/s1. The van der Waals surface area contributed by atoms with Gasteiger partial charge in [-0.3, -0.25) is 0 Å². The van der Waals surface area contributed by atoms with Gasteiger partial charge in [0.25, 0.3) is 0 Å². The lowest BCUT2D eigenvalue weighted by Gasteiger charge is -2.31. The lowest BCUT2D eigenvalue weighted by Crippen LogP contribution is -2.48. The summed E-state index contributed by atoms with van der Waals surface area (Å²) in [5, 5.41) is 0.836. The lowest BCUT2D eigenvalue weighted by atomic mass is 9.93. The van der Waals surface area contributed by atoms with Crippen LogP contribution in [0.25, 0.3) is 0 Å². The molecular formula is C23H24Cl2FN3O4. The molecule has 2 heterocycles. The van der Waals surface area contributed by atoms with Crippen molar-refractivity contribution in [2.45, 2.75) is 12.0 Å². The Bertz CT molecular complexity index is 1020. The molecule has 176 valence electrons. The molecule has 2 fully saturated rings. The summed E-state index contributed by atoms with van der Waals surface area (Å²) < 4.78 is 24.0. The number of carbonyl (C=O) groups is 2. The van der Waals surface area contributed by atoms with Crippen molar-refractivity contribution in [2.75, 3.05) is 46.4 Å². The average Bonchev–Trinajstić information content (AvgIpc) is 3.27. The SMILES string of the molecule is CN(C(=O)Oc1ccc(F)cc1)[C@H]1CN(C(=O)N2CCOCC2)C[C@@H]1c1ccc(Cl)c(Cl)c1. The van der Waals surface area contributed by atoms with Crippen LogP contribution in [0.2, 0.25) is 10.0 Å². The third kappa shape index (κ3) is 5.34. The first-order valence-corrected chi connectivity index (χ1v) is 11.4. The van der Waals surface area contributed by atoms with Gasteiger partial charge in [0.2, 0.25) is 0 Å². The Balaban J connectivity index is 1.55. The van der Waals surface area contributed by atoms with E-state index in [1.165, 1.54) is 29.2 Å². The first kappa shape index (κ1) is 23.6. The average molecular weight is 496 g/mol. The maximum absolute atomic E-state index is 13.2. The van der Waals surface area contributed by atoms with Crippen molar-refractivity contribution >= 4 is 35.3 Å². The molecule has 2 aliphatic heterocycles. The van der Waals surface area contributed by atoms with Crippen molar-refractivity contribution in [1.29, 1.82) is 0 Å². The Hall–Kier alpha value is -2.55. The van der Waals surface area contributed by atoms with E-state index in [1.54, 1.807) is 29.0 Å². The number of ether oxygens (including phenoxy) is 2. The Kier molecular flexibility index (Phi) is 7.26. The number of nitrogens with zero attached hydrogens (tertiary/aromatic N) is 3. The highest BCUT2D eigenvalue weighted by molar-refractivity contribution is 6.42. The number of carbonyl (C=O) groups excluding carboxylic acids is 2. The highest BCUT2D eigenvalue weighted by atomic mass is 35.5. The van der Waals surface area contributed by atoms with E-state index in [-0.39, 0.29) is 23.7 Å². The molecule has 0 bridgehead atoms. The number of hydrogen-bond acceptors (Lipinski definition) is 4. The zero-order valence-corrected chi connectivity index (χ0v) is 19.6. The molecule has 0 unspecified atom stereocenters. The summed E-state index contributed by atoms with van der Waals surface area (Å²) in [6, 6.07) is 10.1. The number of hydrogen-bond donors (Lipinski definition) is 0. The molecular weight excluding hydrogens is 472 g/mol. The first-order valence-electron chi connectivity index (χ1n) is 10.6. The van der Waals surface area contributed by atoms with Gasteiger partial charge in [-0.05, 0) is 42.0 Å². The van der Waals surface area contributed by atoms with Crippen LogP contribution >= 0.6 is 23.2 Å². The molecule has 2 aromatic carbocycles. The number of likely N-dealkylation sites (tertiary alicyclic amines) is 1. The van der Waals surface area contributed by atoms with Crippen LogP contribution in [-0.4, -0.2) is 79.3 Å². The number of halogens is 3. The number of urea groups is 1. The minimum absolute atomic E-state index is 0.0915. The fraction of sp³-hybridized carbons (Fsp3) is 0.391. The summed E-state index contributed by atoms with van der Waals surface area (Å²) >= 11 is 12.3. The number of amides is 3. The van der Waals surface area contributed by atoms with Crippen LogP contribution in [0.4, 0.5) is 14.0 Å². The number of rotatable bonds is 3. The van der Waals surface area contributed by atoms with Crippen LogP contribution in [0.1, 0.15) is 11.5 Å². The zero-order valence-electron chi connectivity index (χ0n) is 18.0. The molecule has 0 radical (unpaired) electrons. The van der Waals surface area contributed by atoms with Crippen LogP contribution in [0, 0.1) is 5.82 Å². The van der Waals surface area contributed by atoms with Crippen molar-refractivity contribution in [2.24, 2.45) is 0 Å². The van der Waals surface area contributed by atoms with E-state index >= 15 is 0 Å². The highest BCUT2D eigenvalue weighted by Crippen LogP contribution is 2.35. The van der Waals surface area contributed by atoms with E-state index in [9.17, 15) is 14.0 Å². The van der Waals surface area contributed by atoms with Gasteiger partial charge < -0.3 is 24.2 Å². The van der Waals surface area contributed by atoms with Crippen LogP contribution in [0.5, 0.6) is 5.75 Å².